The average Bonchev–Trinajstić information content (AvgIpc) is 2.50. The van der Waals surface area contributed by atoms with Crippen LogP contribution in [0.15, 0.2) is 12.1 Å². The summed E-state index contributed by atoms with van der Waals surface area (Å²) in [5, 5.41) is 27.2. The lowest BCUT2D eigenvalue weighted by molar-refractivity contribution is 0.144. The number of hydrogen-bond acceptors (Lipinski definition) is 5. The van der Waals surface area contributed by atoms with E-state index in [1.165, 1.54) is 6.07 Å². The number of phenols is 1. The second kappa shape index (κ2) is 2.87. The fraction of sp³-hybridized carbons (Fsp3) is 0. The summed E-state index contributed by atoms with van der Waals surface area (Å²) in [5.74, 6) is -0.180. The van der Waals surface area contributed by atoms with E-state index in [2.05, 4.69) is 20.1 Å². The fourth-order valence-electron chi connectivity index (χ4n) is 1.07. The first-order valence-corrected chi connectivity index (χ1v) is 3.61. The summed E-state index contributed by atoms with van der Waals surface area (Å²) in [6, 6.07) is 2.53. The zero-order chi connectivity index (χ0) is 10.1. The summed E-state index contributed by atoms with van der Waals surface area (Å²) in [6.45, 7) is 0. The van der Waals surface area contributed by atoms with Crippen molar-refractivity contribution in [3.05, 3.63) is 12.1 Å². The van der Waals surface area contributed by atoms with Crippen LogP contribution in [0.5, 0.6) is 11.5 Å². The van der Waals surface area contributed by atoms with Gasteiger partial charge in [0, 0.05) is 12.1 Å². The number of aromatic nitrogens is 3. The Morgan fingerprint density at radius 1 is 1.50 bits per heavy atom. The first kappa shape index (κ1) is 8.30. The third-order valence-corrected chi connectivity index (χ3v) is 1.59. The van der Waals surface area contributed by atoms with Crippen LogP contribution in [0.3, 0.4) is 0 Å². The molecule has 1 aromatic carbocycles. The average molecular weight is 195 g/mol. The minimum absolute atomic E-state index is 0.00792. The third kappa shape index (κ3) is 1.30. The standard InChI is InChI=1S/C7H5N3O4/c11-5-2-3(14-7(12)13)1-4-6(5)9-10-8-4/h1-2,11H,(H,12,13)(H,8,9,10). The molecule has 0 spiro atoms. The van der Waals surface area contributed by atoms with Gasteiger partial charge in [-0.1, -0.05) is 5.21 Å². The molecule has 0 aliphatic carbocycles. The maximum Gasteiger partial charge on any atom is 0.511 e. The smallest absolute Gasteiger partial charge is 0.505 e. The van der Waals surface area contributed by atoms with Crippen molar-refractivity contribution in [2.24, 2.45) is 0 Å². The normalized spacial score (nSPS) is 10.3. The highest BCUT2D eigenvalue weighted by molar-refractivity contribution is 5.82. The van der Waals surface area contributed by atoms with Crippen molar-refractivity contribution in [2.75, 3.05) is 0 Å². The van der Waals surface area contributed by atoms with Gasteiger partial charge < -0.3 is 14.9 Å². The molecule has 0 atom stereocenters. The molecule has 2 rings (SSSR count). The summed E-state index contributed by atoms with van der Waals surface area (Å²) in [7, 11) is 0. The first-order valence-electron chi connectivity index (χ1n) is 3.61. The lowest BCUT2D eigenvalue weighted by Crippen LogP contribution is -2.02. The van der Waals surface area contributed by atoms with Crippen molar-refractivity contribution >= 4 is 17.2 Å². The highest BCUT2D eigenvalue weighted by atomic mass is 16.7. The van der Waals surface area contributed by atoms with Crippen molar-refractivity contribution in [1.29, 1.82) is 0 Å². The van der Waals surface area contributed by atoms with Crippen LogP contribution in [0.2, 0.25) is 0 Å². The molecular formula is C7H5N3O4. The molecule has 0 fully saturated rings. The zero-order valence-corrected chi connectivity index (χ0v) is 6.76. The molecule has 3 N–H and O–H groups in total. The van der Waals surface area contributed by atoms with Crippen molar-refractivity contribution in [1.82, 2.24) is 15.4 Å². The monoisotopic (exact) mass is 195 g/mol. The number of aromatic amines is 1. The molecule has 0 radical (unpaired) electrons. The number of H-pyrrole nitrogens is 1. The van der Waals surface area contributed by atoms with Gasteiger partial charge in [0.05, 0.1) is 5.52 Å². The second-order valence-corrected chi connectivity index (χ2v) is 2.52. The topological polar surface area (TPSA) is 108 Å². The molecule has 0 aliphatic heterocycles. The van der Waals surface area contributed by atoms with E-state index in [9.17, 15) is 9.90 Å². The van der Waals surface area contributed by atoms with E-state index in [0.717, 1.165) is 6.07 Å². The molecule has 1 aromatic heterocycles. The van der Waals surface area contributed by atoms with Crippen LogP contribution < -0.4 is 4.74 Å². The van der Waals surface area contributed by atoms with Gasteiger partial charge in [0.2, 0.25) is 0 Å². The first-order chi connectivity index (χ1) is 6.66. The van der Waals surface area contributed by atoms with Crippen LogP contribution in [-0.4, -0.2) is 31.8 Å². The SMILES string of the molecule is O=C(O)Oc1cc(O)c2nn[nH]c2c1. The van der Waals surface area contributed by atoms with Crippen LogP contribution in [0.25, 0.3) is 11.0 Å². The maximum atomic E-state index is 10.2. The highest BCUT2D eigenvalue weighted by Gasteiger charge is 2.09. The van der Waals surface area contributed by atoms with Gasteiger partial charge in [-0.05, 0) is 0 Å². The lowest BCUT2D eigenvalue weighted by Gasteiger charge is -1.99. The van der Waals surface area contributed by atoms with E-state index in [1.54, 1.807) is 0 Å². The van der Waals surface area contributed by atoms with Crippen LogP contribution in [-0.2, 0) is 0 Å². The Morgan fingerprint density at radius 2 is 2.29 bits per heavy atom. The van der Waals surface area contributed by atoms with Crippen molar-refractivity contribution in [3.8, 4) is 11.5 Å². The number of rotatable bonds is 1. The van der Waals surface area contributed by atoms with Gasteiger partial charge in [0.1, 0.15) is 11.5 Å². The van der Waals surface area contributed by atoms with Crippen LogP contribution >= 0.6 is 0 Å². The summed E-state index contributed by atoms with van der Waals surface area (Å²) in [5.41, 5.74) is 0.670. The second-order valence-electron chi connectivity index (χ2n) is 2.52. The van der Waals surface area contributed by atoms with Crippen LogP contribution in [0.1, 0.15) is 0 Å². The molecule has 0 unspecified atom stereocenters. The summed E-state index contributed by atoms with van der Waals surface area (Å²) < 4.78 is 4.35. The fourth-order valence-corrected chi connectivity index (χ4v) is 1.07. The molecular weight excluding hydrogens is 190 g/mol. The molecule has 7 heteroatoms. The van der Waals surface area contributed by atoms with Gasteiger partial charge >= 0.3 is 6.16 Å². The third-order valence-electron chi connectivity index (χ3n) is 1.59. The molecule has 72 valence electrons. The Balaban J connectivity index is 2.53. The molecule has 1 heterocycles. The number of phenolic OH excluding ortho intramolecular Hbond substituents is 1. The summed E-state index contributed by atoms with van der Waals surface area (Å²) in [6.07, 6.45) is -1.45. The minimum Gasteiger partial charge on any atom is -0.505 e. The summed E-state index contributed by atoms with van der Waals surface area (Å²) >= 11 is 0. The molecule has 0 aliphatic rings. The Labute approximate surface area is 76.9 Å². The molecule has 2 aromatic rings. The number of carboxylic acid groups (broad SMARTS) is 1. The Morgan fingerprint density at radius 3 is 3.00 bits per heavy atom. The number of nitrogens with zero attached hydrogens (tertiary/aromatic N) is 2. The van der Waals surface area contributed by atoms with E-state index in [-0.39, 0.29) is 17.0 Å². The van der Waals surface area contributed by atoms with Crippen molar-refractivity contribution < 1.29 is 19.7 Å². The highest BCUT2D eigenvalue weighted by Crippen LogP contribution is 2.27. The van der Waals surface area contributed by atoms with Gasteiger partial charge in [-0.3, -0.25) is 5.10 Å². The van der Waals surface area contributed by atoms with Gasteiger partial charge in [0.15, 0.2) is 5.52 Å². The van der Waals surface area contributed by atoms with E-state index in [1.807, 2.05) is 0 Å². The van der Waals surface area contributed by atoms with E-state index in [0.29, 0.717) is 5.52 Å². The number of ether oxygens (including phenoxy) is 1. The van der Waals surface area contributed by atoms with E-state index < -0.39 is 6.16 Å². The lowest BCUT2D eigenvalue weighted by atomic mass is 10.3. The molecule has 0 amide bonds. The van der Waals surface area contributed by atoms with Gasteiger partial charge in [-0.15, -0.1) is 5.10 Å². The van der Waals surface area contributed by atoms with Gasteiger partial charge in [0.25, 0.3) is 0 Å². The van der Waals surface area contributed by atoms with Crippen LogP contribution in [0.4, 0.5) is 4.79 Å². The number of aromatic hydroxyl groups is 1. The number of hydrogen-bond donors (Lipinski definition) is 3. The van der Waals surface area contributed by atoms with E-state index in [4.69, 9.17) is 5.11 Å². The van der Waals surface area contributed by atoms with E-state index >= 15 is 0 Å². The largest absolute Gasteiger partial charge is 0.511 e. The Hall–Kier alpha value is -2.31. The van der Waals surface area contributed by atoms with Crippen LogP contribution in [0, 0.1) is 0 Å². The Bertz CT molecular complexity index is 493. The number of carbonyl (C=O) groups is 1. The molecule has 0 bridgehead atoms. The molecule has 0 saturated heterocycles. The predicted molar refractivity (Wildman–Crippen MR) is 44.2 cm³/mol. The predicted octanol–water partition coefficient (Wildman–Crippen LogP) is 0.720. The maximum absolute atomic E-state index is 10.2. The molecule has 14 heavy (non-hydrogen) atoms. The Kier molecular flexibility index (Phi) is 1.70. The zero-order valence-electron chi connectivity index (χ0n) is 6.76. The van der Waals surface area contributed by atoms with Gasteiger partial charge in [-0.2, -0.15) is 0 Å². The number of fused-ring (bicyclic) bond motifs is 1. The quantitative estimate of drug-likeness (QED) is 0.457. The molecule has 7 nitrogen and oxygen atoms in total. The number of benzene rings is 1. The minimum atomic E-state index is -1.45. The van der Waals surface area contributed by atoms with Crippen molar-refractivity contribution in [2.45, 2.75) is 0 Å². The number of nitrogens with one attached hydrogen (secondary N) is 1. The summed E-state index contributed by atoms with van der Waals surface area (Å²) in [4.78, 5) is 10.2. The molecule has 0 saturated carbocycles. The van der Waals surface area contributed by atoms with Gasteiger partial charge in [-0.25, -0.2) is 4.79 Å². The van der Waals surface area contributed by atoms with Crippen molar-refractivity contribution in [3.63, 3.8) is 0 Å².